The third-order valence-electron chi connectivity index (χ3n) is 3.81. The Labute approximate surface area is 155 Å². The van der Waals surface area contributed by atoms with Gasteiger partial charge in [-0.05, 0) is 30.3 Å². The average molecular weight is 387 g/mol. The van der Waals surface area contributed by atoms with Gasteiger partial charge in [0.05, 0.1) is 10.6 Å². The molecular formula is C17H10FN3O7. The van der Waals surface area contributed by atoms with E-state index >= 15 is 0 Å². The molecule has 2 aromatic rings. The number of phenolic OH excluding ortho intramolecular Hbond substituents is 2. The van der Waals surface area contributed by atoms with Crippen molar-refractivity contribution in [3.63, 3.8) is 0 Å². The second-order valence-corrected chi connectivity index (χ2v) is 5.59. The summed E-state index contributed by atoms with van der Waals surface area (Å²) in [5.74, 6) is -4.24. The maximum atomic E-state index is 13.1. The molecule has 2 aromatic carbocycles. The van der Waals surface area contributed by atoms with Crippen molar-refractivity contribution in [1.29, 1.82) is 0 Å². The van der Waals surface area contributed by atoms with Crippen molar-refractivity contribution in [3.8, 4) is 11.5 Å². The van der Waals surface area contributed by atoms with Crippen molar-refractivity contribution in [2.75, 3.05) is 4.90 Å². The average Bonchev–Trinajstić information content (AvgIpc) is 2.61. The first-order valence-electron chi connectivity index (χ1n) is 7.56. The van der Waals surface area contributed by atoms with Gasteiger partial charge in [0.2, 0.25) is 0 Å². The van der Waals surface area contributed by atoms with E-state index in [9.17, 15) is 39.1 Å². The van der Waals surface area contributed by atoms with Gasteiger partial charge >= 0.3 is 11.7 Å². The number of benzene rings is 2. The summed E-state index contributed by atoms with van der Waals surface area (Å²) in [6, 6.07) is 4.66. The summed E-state index contributed by atoms with van der Waals surface area (Å²) in [4.78, 5) is 47.3. The summed E-state index contributed by atoms with van der Waals surface area (Å²) >= 11 is 0. The summed E-state index contributed by atoms with van der Waals surface area (Å²) in [6.07, 6.45) is 0.836. The van der Waals surface area contributed by atoms with Crippen LogP contribution in [0.4, 0.5) is 20.6 Å². The monoisotopic (exact) mass is 387 g/mol. The number of barbiturate groups is 1. The van der Waals surface area contributed by atoms with Gasteiger partial charge in [-0.2, -0.15) is 0 Å². The Morgan fingerprint density at radius 1 is 1.07 bits per heavy atom. The Morgan fingerprint density at radius 2 is 1.71 bits per heavy atom. The van der Waals surface area contributed by atoms with Gasteiger partial charge in [-0.25, -0.2) is 14.1 Å². The zero-order valence-electron chi connectivity index (χ0n) is 13.7. The number of phenols is 2. The lowest BCUT2D eigenvalue weighted by Crippen LogP contribution is -2.54. The fourth-order valence-electron chi connectivity index (χ4n) is 2.48. The predicted molar refractivity (Wildman–Crippen MR) is 91.8 cm³/mol. The molecule has 11 heteroatoms. The lowest BCUT2D eigenvalue weighted by Gasteiger charge is -2.26. The second-order valence-electron chi connectivity index (χ2n) is 5.59. The van der Waals surface area contributed by atoms with Crippen molar-refractivity contribution < 1.29 is 33.9 Å². The van der Waals surface area contributed by atoms with E-state index in [2.05, 4.69) is 0 Å². The topological polar surface area (TPSA) is 150 Å². The van der Waals surface area contributed by atoms with Crippen molar-refractivity contribution in [1.82, 2.24) is 5.32 Å². The molecule has 0 radical (unpaired) electrons. The molecule has 0 aliphatic carbocycles. The molecule has 0 saturated carbocycles. The van der Waals surface area contributed by atoms with Gasteiger partial charge in [0.15, 0.2) is 5.75 Å². The Bertz CT molecular complexity index is 1060. The van der Waals surface area contributed by atoms with Crippen LogP contribution in [-0.4, -0.2) is 33.0 Å². The largest absolute Gasteiger partial charge is 0.507 e. The third kappa shape index (κ3) is 3.23. The van der Waals surface area contributed by atoms with E-state index < -0.39 is 51.3 Å². The lowest BCUT2D eigenvalue weighted by atomic mass is 10.0. The minimum Gasteiger partial charge on any atom is -0.507 e. The number of hydrogen-bond donors (Lipinski definition) is 3. The van der Waals surface area contributed by atoms with Crippen molar-refractivity contribution >= 4 is 35.3 Å². The van der Waals surface area contributed by atoms with Gasteiger partial charge in [0.25, 0.3) is 11.8 Å². The molecule has 10 nitrogen and oxygen atoms in total. The Balaban J connectivity index is 2.08. The molecule has 28 heavy (non-hydrogen) atoms. The summed E-state index contributed by atoms with van der Waals surface area (Å²) in [5, 5.41) is 32.2. The van der Waals surface area contributed by atoms with Crippen LogP contribution in [0.25, 0.3) is 6.08 Å². The molecule has 1 aliphatic rings. The Kier molecular flexibility index (Phi) is 4.49. The Morgan fingerprint density at radius 3 is 2.32 bits per heavy atom. The first-order valence-corrected chi connectivity index (χ1v) is 7.56. The van der Waals surface area contributed by atoms with Gasteiger partial charge in [-0.3, -0.25) is 25.0 Å². The van der Waals surface area contributed by atoms with Crippen molar-refractivity contribution in [3.05, 3.63) is 63.5 Å². The zero-order valence-corrected chi connectivity index (χ0v) is 13.7. The predicted octanol–water partition coefficient (Wildman–Crippen LogP) is 1.81. The number of carbonyl (C=O) groups is 3. The zero-order chi connectivity index (χ0) is 20.6. The number of amides is 4. The molecule has 0 bridgehead atoms. The molecule has 0 spiro atoms. The molecule has 1 fully saturated rings. The maximum Gasteiger partial charge on any atom is 0.335 e. The highest BCUT2D eigenvalue weighted by molar-refractivity contribution is 6.39. The maximum absolute atomic E-state index is 13.1. The highest BCUT2D eigenvalue weighted by Crippen LogP contribution is 2.34. The number of hydrogen-bond acceptors (Lipinski definition) is 7. The van der Waals surface area contributed by atoms with Gasteiger partial charge in [-0.1, -0.05) is 0 Å². The van der Waals surface area contributed by atoms with E-state index in [0.29, 0.717) is 11.0 Å². The van der Waals surface area contributed by atoms with Crippen LogP contribution in [0.15, 0.2) is 42.0 Å². The molecule has 1 heterocycles. The van der Waals surface area contributed by atoms with Crippen LogP contribution in [0.2, 0.25) is 0 Å². The molecule has 0 atom stereocenters. The molecule has 0 unspecified atom stereocenters. The molecule has 142 valence electrons. The smallest absolute Gasteiger partial charge is 0.335 e. The fraction of sp³-hybridized carbons (Fsp3) is 0. The number of urea groups is 1. The number of aromatic hydroxyl groups is 2. The van der Waals surface area contributed by atoms with Gasteiger partial charge in [0.1, 0.15) is 17.1 Å². The number of nitrogens with zero attached hydrogens (tertiary/aromatic N) is 2. The van der Waals surface area contributed by atoms with E-state index in [-0.39, 0.29) is 11.3 Å². The first-order chi connectivity index (χ1) is 13.2. The number of imide groups is 2. The normalized spacial score (nSPS) is 15.7. The van der Waals surface area contributed by atoms with Crippen LogP contribution in [0, 0.1) is 15.9 Å². The summed E-state index contributed by atoms with van der Waals surface area (Å²) in [5.41, 5.74) is -1.71. The second kappa shape index (κ2) is 6.79. The number of carbonyl (C=O) groups excluding carboxylic acids is 3. The fourth-order valence-corrected chi connectivity index (χ4v) is 2.48. The third-order valence-corrected chi connectivity index (χ3v) is 3.81. The standard InChI is InChI=1S/C17H10FN3O7/c18-9-1-3-10(4-2-9)20-16(25)11(15(24)19-17(20)26)5-8-6-12(21(27)28)14(23)7-13(8)22/h1-7,22-23H,(H,19,24,26)/b11-5+. The number of halogens is 1. The van der Waals surface area contributed by atoms with Crippen LogP contribution in [0.3, 0.4) is 0 Å². The minimum atomic E-state index is -1.09. The number of anilines is 1. The highest BCUT2D eigenvalue weighted by Gasteiger charge is 2.37. The highest BCUT2D eigenvalue weighted by atomic mass is 19.1. The van der Waals surface area contributed by atoms with E-state index in [1.54, 1.807) is 0 Å². The van der Waals surface area contributed by atoms with Crippen LogP contribution < -0.4 is 10.2 Å². The van der Waals surface area contributed by atoms with Gasteiger partial charge in [0, 0.05) is 17.7 Å². The van der Waals surface area contributed by atoms with E-state index in [1.165, 1.54) is 0 Å². The van der Waals surface area contributed by atoms with Crippen molar-refractivity contribution in [2.24, 2.45) is 0 Å². The summed E-state index contributed by atoms with van der Waals surface area (Å²) in [7, 11) is 0. The van der Waals surface area contributed by atoms with Crippen LogP contribution in [0.1, 0.15) is 5.56 Å². The summed E-state index contributed by atoms with van der Waals surface area (Å²) < 4.78 is 13.1. The first kappa shape index (κ1) is 18.5. The molecule has 3 N–H and O–H groups in total. The number of nitrogens with one attached hydrogen (secondary N) is 1. The van der Waals surface area contributed by atoms with E-state index in [1.807, 2.05) is 5.32 Å². The Hall–Kier alpha value is -4.28. The number of nitro benzene ring substituents is 1. The molecule has 4 amide bonds. The van der Waals surface area contributed by atoms with Crippen LogP contribution >= 0.6 is 0 Å². The van der Waals surface area contributed by atoms with Gasteiger partial charge in [-0.15, -0.1) is 0 Å². The van der Waals surface area contributed by atoms with Crippen molar-refractivity contribution in [2.45, 2.75) is 0 Å². The SMILES string of the molecule is O=C1NC(=O)N(c2ccc(F)cc2)C(=O)/C1=C/c1cc([N+](=O)[O-])c(O)cc1O. The molecule has 1 saturated heterocycles. The molecule has 3 rings (SSSR count). The number of rotatable bonds is 3. The lowest BCUT2D eigenvalue weighted by molar-refractivity contribution is -0.385. The molecule has 0 aromatic heterocycles. The quantitative estimate of drug-likeness (QED) is 0.314. The number of nitro groups is 1. The van der Waals surface area contributed by atoms with Crippen LogP contribution in [0.5, 0.6) is 11.5 Å². The molecular weight excluding hydrogens is 377 g/mol. The van der Waals surface area contributed by atoms with Gasteiger partial charge < -0.3 is 10.2 Å². The van der Waals surface area contributed by atoms with Crippen LogP contribution in [-0.2, 0) is 9.59 Å². The molecule has 1 aliphatic heterocycles. The van der Waals surface area contributed by atoms with E-state index in [4.69, 9.17) is 0 Å². The minimum absolute atomic E-state index is 0.0248. The van der Waals surface area contributed by atoms with E-state index in [0.717, 1.165) is 36.4 Å². The summed E-state index contributed by atoms with van der Waals surface area (Å²) in [6.45, 7) is 0.